The van der Waals surface area contributed by atoms with Crippen molar-refractivity contribution in [3.8, 4) is 0 Å². The molecule has 0 radical (unpaired) electrons. The van der Waals surface area contributed by atoms with Crippen molar-refractivity contribution in [2.75, 3.05) is 13.1 Å². The monoisotopic (exact) mass is 255 g/mol. The molecule has 0 unspecified atom stereocenters. The van der Waals surface area contributed by atoms with Crippen molar-refractivity contribution in [3.05, 3.63) is 23.7 Å². The van der Waals surface area contributed by atoms with E-state index >= 15 is 0 Å². The second-order valence-corrected chi connectivity index (χ2v) is 3.64. The van der Waals surface area contributed by atoms with Gasteiger partial charge in [0.2, 0.25) is 11.8 Å². The van der Waals surface area contributed by atoms with E-state index < -0.39 is 17.8 Å². The molecule has 0 saturated heterocycles. The van der Waals surface area contributed by atoms with Gasteiger partial charge in [-0.2, -0.15) is 0 Å². The molecule has 8 heteroatoms. The van der Waals surface area contributed by atoms with Gasteiger partial charge in [-0.1, -0.05) is 0 Å². The van der Waals surface area contributed by atoms with Gasteiger partial charge in [0, 0.05) is 0 Å². The van der Waals surface area contributed by atoms with Gasteiger partial charge >= 0.3 is 5.97 Å². The van der Waals surface area contributed by atoms with Crippen LogP contribution in [-0.4, -0.2) is 40.9 Å². The SMILES string of the molecule is NC(=O)CN(CC(N)=O)Cc1occc1C(=O)O. The van der Waals surface area contributed by atoms with E-state index in [0.717, 1.165) is 0 Å². The Labute approximate surface area is 102 Å². The molecule has 0 bridgehead atoms. The van der Waals surface area contributed by atoms with Crippen LogP contribution in [-0.2, 0) is 16.1 Å². The van der Waals surface area contributed by atoms with E-state index in [-0.39, 0.29) is 31.0 Å². The van der Waals surface area contributed by atoms with Crippen molar-refractivity contribution in [2.24, 2.45) is 11.5 Å². The minimum Gasteiger partial charge on any atom is -0.478 e. The van der Waals surface area contributed by atoms with Gasteiger partial charge in [-0.3, -0.25) is 14.5 Å². The average Bonchev–Trinajstić information content (AvgIpc) is 2.63. The molecule has 0 saturated carbocycles. The Kier molecular flexibility index (Phi) is 4.44. The molecule has 1 aromatic heterocycles. The summed E-state index contributed by atoms with van der Waals surface area (Å²) in [5.41, 5.74) is 10.00. The Morgan fingerprint density at radius 2 is 1.78 bits per heavy atom. The van der Waals surface area contributed by atoms with Crippen molar-refractivity contribution in [2.45, 2.75) is 6.54 Å². The van der Waals surface area contributed by atoms with Crippen molar-refractivity contribution in [3.63, 3.8) is 0 Å². The van der Waals surface area contributed by atoms with Gasteiger partial charge in [0.15, 0.2) is 0 Å². The van der Waals surface area contributed by atoms with Crippen LogP contribution >= 0.6 is 0 Å². The van der Waals surface area contributed by atoms with Crippen molar-refractivity contribution >= 4 is 17.8 Å². The maximum absolute atomic E-state index is 10.8. The molecule has 0 spiro atoms. The fraction of sp³-hybridized carbons (Fsp3) is 0.300. The quantitative estimate of drug-likeness (QED) is 0.556. The number of primary amides is 2. The Bertz CT molecular complexity index is 452. The molecular weight excluding hydrogens is 242 g/mol. The summed E-state index contributed by atoms with van der Waals surface area (Å²) in [6.07, 6.45) is 1.21. The van der Waals surface area contributed by atoms with Crippen LogP contribution in [0.4, 0.5) is 0 Å². The first kappa shape index (κ1) is 13.7. The molecule has 0 aliphatic rings. The summed E-state index contributed by atoms with van der Waals surface area (Å²) in [5.74, 6) is -2.33. The van der Waals surface area contributed by atoms with E-state index in [9.17, 15) is 14.4 Å². The van der Waals surface area contributed by atoms with Gasteiger partial charge in [0.1, 0.15) is 11.3 Å². The molecule has 5 N–H and O–H groups in total. The number of carboxylic acids is 1. The van der Waals surface area contributed by atoms with E-state index in [4.69, 9.17) is 21.0 Å². The summed E-state index contributed by atoms with van der Waals surface area (Å²) in [7, 11) is 0. The number of nitrogens with zero attached hydrogens (tertiary/aromatic N) is 1. The molecule has 8 nitrogen and oxygen atoms in total. The van der Waals surface area contributed by atoms with E-state index in [1.165, 1.54) is 17.2 Å². The van der Waals surface area contributed by atoms with Crippen molar-refractivity contribution in [1.82, 2.24) is 4.90 Å². The number of amides is 2. The molecule has 0 aromatic carbocycles. The van der Waals surface area contributed by atoms with E-state index in [1.807, 2.05) is 0 Å². The highest BCUT2D eigenvalue weighted by Gasteiger charge is 2.18. The van der Waals surface area contributed by atoms with Crippen LogP contribution < -0.4 is 11.5 Å². The summed E-state index contributed by atoms with van der Waals surface area (Å²) < 4.78 is 4.99. The maximum Gasteiger partial charge on any atom is 0.339 e. The third kappa shape index (κ3) is 3.91. The normalized spacial score (nSPS) is 10.5. The Hall–Kier alpha value is -2.35. The fourth-order valence-corrected chi connectivity index (χ4v) is 1.47. The van der Waals surface area contributed by atoms with Crippen molar-refractivity contribution in [1.29, 1.82) is 0 Å². The molecule has 1 heterocycles. The largest absolute Gasteiger partial charge is 0.478 e. The van der Waals surface area contributed by atoms with Gasteiger partial charge in [0.25, 0.3) is 0 Å². The highest BCUT2D eigenvalue weighted by molar-refractivity contribution is 5.88. The lowest BCUT2D eigenvalue weighted by Crippen LogP contribution is -2.39. The van der Waals surface area contributed by atoms with Crippen LogP contribution in [0.5, 0.6) is 0 Å². The fourth-order valence-electron chi connectivity index (χ4n) is 1.47. The Morgan fingerprint density at radius 3 is 2.22 bits per heavy atom. The highest BCUT2D eigenvalue weighted by atomic mass is 16.4. The third-order valence-corrected chi connectivity index (χ3v) is 2.10. The van der Waals surface area contributed by atoms with Crippen LogP contribution in [0.1, 0.15) is 16.1 Å². The maximum atomic E-state index is 10.8. The summed E-state index contributed by atoms with van der Waals surface area (Å²) in [4.78, 5) is 33.8. The van der Waals surface area contributed by atoms with E-state index in [1.54, 1.807) is 0 Å². The van der Waals surface area contributed by atoms with Gasteiger partial charge in [-0.15, -0.1) is 0 Å². The Balaban J connectivity index is 2.81. The number of carboxylic acid groups (broad SMARTS) is 1. The highest BCUT2D eigenvalue weighted by Crippen LogP contribution is 2.13. The number of furan rings is 1. The van der Waals surface area contributed by atoms with Gasteiger partial charge < -0.3 is 21.0 Å². The zero-order chi connectivity index (χ0) is 13.7. The summed E-state index contributed by atoms with van der Waals surface area (Å²) in [6.45, 7) is -0.480. The Morgan fingerprint density at radius 1 is 1.22 bits per heavy atom. The lowest BCUT2D eigenvalue weighted by molar-refractivity contribution is -0.122. The molecule has 0 fully saturated rings. The lowest BCUT2D eigenvalue weighted by atomic mass is 10.2. The standard InChI is InChI=1S/C10H13N3O5/c11-8(14)4-13(5-9(12)15)3-7-6(10(16)17)1-2-18-7/h1-2H,3-5H2,(H2,11,14)(H2,12,15)(H,16,17). The van der Waals surface area contributed by atoms with Crippen molar-refractivity contribution < 1.29 is 23.9 Å². The molecule has 0 atom stereocenters. The summed E-state index contributed by atoms with van der Waals surface area (Å²) >= 11 is 0. The minimum absolute atomic E-state index is 0.0334. The van der Waals surface area contributed by atoms with Crippen LogP contribution in [0.2, 0.25) is 0 Å². The number of hydrogen-bond acceptors (Lipinski definition) is 5. The molecular formula is C10H13N3O5. The summed E-state index contributed by atoms with van der Waals surface area (Å²) in [6, 6.07) is 1.28. The van der Waals surface area contributed by atoms with E-state index in [2.05, 4.69) is 0 Å². The van der Waals surface area contributed by atoms with Crippen LogP contribution in [0, 0.1) is 0 Å². The molecule has 1 rings (SSSR count). The van der Waals surface area contributed by atoms with E-state index in [0.29, 0.717) is 0 Å². The molecule has 18 heavy (non-hydrogen) atoms. The summed E-state index contributed by atoms with van der Waals surface area (Å²) in [5, 5.41) is 8.87. The molecule has 1 aromatic rings. The molecule has 2 amide bonds. The predicted molar refractivity (Wildman–Crippen MR) is 59.3 cm³/mol. The average molecular weight is 255 g/mol. The number of nitrogens with two attached hydrogens (primary N) is 2. The molecule has 0 aliphatic carbocycles. The van der Waals surface area contributed by atoms with Crippen LogP contribution in [0.15, 0.2) is 16.7 Å². The molecule has 0 aliphatic heterocycles. The van der Waals surface area contributed by atoms with Gasteiger partial charge in [0.05, 0.1) is 25.9 Å². The predicted octanol–water partition coefficient (Wildman–Crippen LogP) is -1.25. The lowest BCUT2D eigenvalue weighted by Gasteiger charge is -2.17. The number of rotatable bonds is 7. The van der Waals surface area contributed by atoms with Gasteiger partial charge in [-0.25, -0.2) is 4.79 Å². The smallest absolute Gasteiger partial charge is 0.339 e. The van der Waals surface area contributed by atoms with Gasteiger partial charge in [-0.05, 0) is 6.07 Å². The second-order valence-electron chi connectivity index (χ2n) is 3.64. The molecule has 98 valence electrons. The zero-order valence-electron chi connectivity index (χ0n) is 9.46. The minimum atomic E-state index is -1.16. The van der Waals surface area contributed by atoms with Crippen LogP contribution in [0.25, 0.3) is 0 Å². The number of carbonyl (C=O) groups excluding carboxylic acids is 2. The number of hydrogen-bond donors (Lipinski definition) is 3. The second kappa shape index (κ2) is 5.82. The zero-order valence-corrected chi connectivity index (χ0v) is 9.46. The third-order valence-electron chi connectivity index (χ3n) is 2.10. The number of carbonyl (C=O) groups is 3. The number of aromatic carboxylic acids is 1. The first-order chi connectivity index (χ1) is 8.40. The first-order valence-corrected chi connectivity index (χ1v) is 4.98. The van der Waals surface area contributed by atoms with Crippen LogP contribution in [0.3, 0.4) is 0 Å². The topological polar surface area (TPSA) is 140 Å². The first-order valence-electron chi connectivity index (χ1n) is 4.98.